The molecule has 2 aromatic carbocycles. The summed E-state index contributed by atoms with van der Waals surface area (Å²) in [6.45, 7) is 5.56. The fraction of sp³-hybridized carbons (Fsp3) is 0.320. The van der Waals surface area contributed by atoms with Crippen molar-refractivity contribution < 1.29 is 19.4 Å². The number of ether oxygens (including phenoxy) is 2. The van der Waals surface area contributed by atoms with Crippen LogP contribution in [0.1, 0.15) is 18.2 Å². The van der Waals surface area contributed by atoms with E-state index in [4.69, 9.17) is 9.47 Å². The third kappa shape index (κ3) is 6.95. The quantitative estimate of drug-likeness (QED) is 0.343. The van der Waals surface area contributed by atoms with Crippen LogP contribution in [0.5, 0.6) is 5.75 Å². The van der Waals surface area contributed by atoms with Crippen molar-refractivity contribution in [2.45, 2.75) is 37.8 Å². The summed E-state index contributed by atoms with van der Waals surface area (Å²) in [5, 5.41) is 9.23. The first-order chi connectivity index (χ1) is 15.0. The topological polar surface area (TPSA) is 60.7 Å². The number of carbonyl (C=O) groups is 1. The summed E-state index contributed by atoms with van der Waals surface area (Å²) in [5.41, 5.74) is 4.47. The SMILES string of the molecule is CCO[C@@H](Cc1ccc(OCCn2c(C)ccc2-c2ccc(SC)cc2)cc1)C(=O)O.[LiH]. The molecule has 0 amide bonds. The zero-order valence-corrected chi connectivity index (χ0v) is 19.0. The van der Waals surface area contributed by atoms with Gasteiger partial charge in [0.2, 0.25) is 0 Å². The van der Waals surface area contributed by atoms with E-state index in [2.05, 4.69) is 54.1 Å². The second-order valence-electron chi connectivity index (χ2n) is 7.22. The van der Waals surface area contributed by atoms with Gasteiger partial charge in [-0.3, -0.25) is 0 Å². The van der Waals surface area contributed by atoms with Gasteiger partial charge in [0.15, 0.2) is 6.10 Å². The Hall–Kier alpha value is -2.10. The summed E-state index contributed by atoms with van der Waals surface area (Å²) in [5.74, 6) is -0.175. The van der Waals surface area contributed by atoms with Crippen LogP contribution in [0.2, 0.25) is 0 Å². The number of aryl methyl sites for hydroxylation is 1. The summed E-state index contributed by atoms with van der Waals surface area (Å²) in [6.07, 6.45) is 1.59. The van der Waals surface area contributed by atoms with Crippen molar-refractivity contribution >= 4 is 36.6 Å². The number of hydrogen-bond acceptors (Lipinski definition) is 4. The molecule has 166 valence electrons. The second kappa shape index (κ2) is 12.8. The Balaban J connectivity index is 0.00000363. The molecule has 1 aromatic heterocycles. The fourth-order valence-corrected chi connectivity index (χ4v) is 3.90. The Morgan fingerprint density at radius 2 is 1.75 bits per heavy atom. The van der Waals surface area contributed by atoms with Gasteiger partial charge in [-0.15, -0.1) is 11.8 Å². The third-order valence-electron chi connectivity index (χ3n) is 5.16. The Kier molecular flexibility index (Phi) is 10.5. The third-order valence-corrected chi connectivity index (χ3v) is 5.90. The Morgan fingerprint density at radius 3 is 2.34 bits per heavy atom. The molecule has 5 nitrogen and oxygen atoms in total. The first-order valence-electron chi connectivity index (χ1n) is 10.4. The Morgan fingerprint density at radius 1 is 1.06 bits per heavy atom. The molecule has 0 aliphatic carbocycles. The van der Waals surface area contributed by atoms with E-state index in [1.807, 2.05) is 24.3 Å². The average Bonchev–Trinajstić information content (AvgIpc) is 3.15. The minimum atomic E-state index is -0.942. The van der Waals surface area contributed by atoms with E-state index in [0.717, 1.165) is 17.9 Å². The van der Waals surface area contributed by atoms with Crippen LogP contribution in [-0.2, 0) is 22.5 Å². The van der Waals surface area contributed by atoms with Gasteiger partial charge in [0.1, 0.15) is 12.4 Å². The molecular weight excluding hydrogens is 417 g/mol. The Bertz CT molecular complexity index is 986. The molecule has 0 unspecified atom stereocenters. The number of carboxylic acid groups (broad SMARTS) is 1. The summed E-state index contributed by atoms with van der Waals surface area (Å²) in [4.78, 5) is 12.5. The Labute approximate surface area is 206 Å². The molecular formula is C25H30LiNO4S. The van der Waals surface area contributed by atoms with Crippen LogP contribution in [0.4, 0.5) is 0 Å². The van der Waals surface area contributed by atoms with E-state index in [-0.39, 0.29) is 18.9 Å². The van der Waals surface area contributed by atoms with Gasteiger partial charge in [-0.05, 0) is 67.6 Å². The molecule has 0 saturated carbocycles. The maximum absolute atomic E-state index is 11.3. The number of hydrogen-bond donors (Lipinski definition) is 1. The predicted molar refractivity (Wildman–Crippen MR) is 132 cm³/mol. The van der Waals surface area contributed by atoms with Crippen LogP contribution in [0.15, 0.2) is 65.6 Å². The number of rotatable bonds is 11. The van der Waals surface area contributed by atoms with Crippen molar-refractivity contribution in [3.05, 3.63) is 71.9 Å². The van der Waals surface area contributed by atoms with E-state index >= 15 is 0 Å². The molecule has 1 heterocycles. The van der Waals surface area contributed by atoms with Crippen LogP contribution in [0, 0.1) is 6.92 Å². The molecule has 0 fully saturated rings. The van der Waals surface area contributed by atoms with Crippen LogP contribution in [0.25, 0.3) is 11.3 Å². The molecule has 3 aromatic rings. The van der Waals surface area contributed by atoms with Crippen molar-refractivity contribution in [3.8, 4) is 17.0 Å². The van der Waals surface area contributed by atoms with Crippen LogP contribution < -0.4 is 4.74 Å². The molecule has 3 rings (SSSR count). The average molecular weight is 448 g/mol. The van der Waals surface area contributed by atoms with Gasteiger partial charge in [0.25, 0.3) is 0 Å². The van der Waals surface area contributed by atoms with E-state index in [0.29, 0.717) is 19.6 Å². The molecule has 0 spiro atoms. The van der Waals surface area contributed by atoms with Gasteiger partial charge in [-0.25, -0.2) is 4.79 Å². The van der Waals surface area contributed by atoms with E-state index in [9.17, 15) is 9.90 Å². The number of nitrogens with zero attached hydrogens (tertiary/aromatic N) is 1. The van der Waals surface area contributed by atoms with Crippen LogP contribution >= 0.6 is 11.8 Å². The van der Waals surface area contributed by atoms with Crippen molar-refractivity contribution in [3.63, 3.8) is 0 Å². The first-order valence-corrected chi connectivity index (χ1v) is 11.6. The summed E-state index contributed by atoms with van der Waals surface area (Å²) in [7, 11) is 0. The van der Waals surface area contributed by atoms with Gasteiger partial charge in [-0.2, -0.15) is 0 Å². The van der Waals surface area contributed by atoms with Gasteiger partial charge >= 0.3 is 24.8 Å². The number of benzene rings is 2. The normalized spacial score (nSPS) is 11.6. The molecule has 0 saturated heterocycles. The number of thioether (sulfide) groups is 1. The van der Waals surface area contributed by atoms with E-state index < -0.39 is 12.1 Å². The fourth-order valence-electron chi connectivity index (χ4n) is 3.49. The molecule has 7 heteroatoms. The van der Waals surface area contributed by atoms with E-state index in [1.165, 1.54) is 21.8 Å². The second-order valence-corrected chi connectivity index (χ2v) is 8.10. The molecule has 32 heavy (non-hydrogen) atoms. The molecule has 0 radical (unpaired) electrons. The van der Waals surface area contributed by atoms with Crippen LogP contribution in [-0.4, -0.2) is 60.1 Å². The monoisotopic (exact) mass is 447 g/mol. The van der Waals surface area contributed by atoms with E-state index in [1.54, 1.807) is 18.7 Å². The van der Waals surface area contributed by atoms with Gasteiger partial charge in [-0.1, -0.05) is 24.3 Å². The minimum absolute atomic E-state index is 0. The van der Waals surface area contributed by atoms with Crippen molar-refractivity contribution in [1.29, 1.82) is 0 Å². The summed E-state index contributed by atoms with van der Waals surface area (Å²) < 4.78 is 13.5. The van der Waals surface area contributed by atoms with Gasteiger partial charge < -0.3 is 19.1 Å². The van der Waals surface area contributed by atoms with Crippen molar-refractivity contribution in [1.82, 2.24) is 4.57 Å². The standard InChI is InChI=1S/C25H29NO4S.Li.H/c1-4-29-24(25(27)28)17-19-6-10-21(11-7-19)30-16-15-26-18(2)5-14-23(26)20-8-12-22(31-3)13-9-20;;/h5-14,24H,4,15-17H2,1-3H3,(H,27,28);;/t24-;;/m0../s1. The molecule has 0 aliphatic heterocycles. The summed E-state index contributed by atoms with van der Waals surface area (Å²) >= 11 is 1.74. The van der Waals surface area contributed by atoms with Crippen molar-refractivity contribution in [2.75, 3.05) is 19.5 Å². The number of aromatic nitrogens is 1. The summed E-state index contributed by atoms with van der Waals surface area (Å²) in [6, 6.07) is 20.4. The molecule has 0 aliphatic rings. The molecule has 1 atom stereocenters. The molecule has 0 bridgehead atoms. The molecule has 1 N–H and O–H groups in total. The van der Waals surface area contributed by atoms with Gasteiger partial charge in [0, 0.05) is 29.3 Å². The zero-order valence-electron chi connectivity index (χ0n) is 18.2. The van der Waals surface area contributed by atoms with Crippen LogP contribution in [0.3, 0.4) is 0 Å². The zero-order chi connectivity index (χ0) is 22.2. The van der Waals surface area contributed by atoms with Gasteiger partial charge in [0.05, 0.1) is 6.54 Å². The maximum atomic E-state index is 11.3. The number of aliphatic carboxylic acids is 1. The van der Waals surface area contributed by atoms with Crippen molar-refractivity contribution in [2.24, 2.45) is 0 Å². The first kappa shape index (κ1) is 26.2. The predicted octanol–water partition coefficient (Wildman–Crippen LogP) is 4.65. The number of carboxylic acids is 1.